The number of thiophene rings is 1. The Hall–Kier alpha value is -3.90. The first-order valence-electron chi connectivity index (χ1n) is 9.76. The second-order valence-electron chi connectivity index (χ2n) is 6.98. The number of benzene rings is 3. The predicted octanol–water partition coefficient (Wildman–Crippen LogP) is 4.99. The number of nitrogens with one attached hydrogen (secondary N) is 3. The van der Waals surface area contributed by atoms with Gasteiger partial charge in [0.15, 0.2) is 0 Å². The average molecular weight is 428 g/mol. The first kappa shape index (κ1) is 20.4. The molecule has 31 heavy (non-hydrogen) atoms. The Morgan fingerprint density at radius 1 is 0.871 bits per heavy atom. The highest BCUT2D eigenvalue weighted by atomic mass is 32.1. The van der Waals surface area contributed by atoms with Gasteiger partial charge in [0.2, 0.25) is 5.91 Å². The Kier molecular flexibility index (Phi) is 6.10. The molecular weight excluding hydrogens is 406 g/mol. The van der Waals surface area contributed by atoms with Crippen LogP contribution in [-0.2, 0) is 11.2 Å². The third-order valence-electron chi connectivity index (χ3n) is 4.80. The standard InChI is InChI=1S/C25H21N3O2S/c1-17(19-9-5-11-21(15-19)26-25(30)23-13-6-14-31-23)27-28-24(29)16-20-10-4-8-18-7-2-3-12-22(18)20/h2-15,27H,1,16H2,(H,26,30)(H,28,29). The summed E-state index contributed by atoms with van der Waals surface area (Å²) in [7, 11) is 0. The highest BCUT2D eigenvalue weighted by molar-refractivity contribution is 7.12. The number of anilines is 1. The van der Waals surface area contributed by atoms with Crippen molar-refractivity contribution >= 4 is 45.3 Å². The summed E-state index contributed by atoms with van der Waals surface area (Å²) in [4.78, 5) is 25.3. The molecule has 0 spiro atoms. The molecule has 0 fully saturated rings. The third kappa shape index (κ3) is 4.99. The summed E-state index contributed by atoms with van der Waals surface area (Å²) < 4.78 is 0. The molecule has 6 heteroatoms. The molecule has 0 aliphatic heterocycles. The van der Waals surface area contributed by atoms with Gasteiger partial charge in [-0.3, -0.25) is 20.4 Å². The highest BCUT2D eigenvalue weighted by Gasteiger charge is 2.09. The zero-order chi connectivity index (χ0) is 21.6. The molecule has 1 heterocycles. The van der Waals surface area contributed by atoms with Crippen LogP contribution in [0.2, 0.25) is 0 Å². The van der Waals surface area contributed by atoms with Crippen LogP contribution in [0.1, 0.15) is 20.8 Å². The first-order valence-corrected chi connectivity index (χ1v) is 10.6. The number of rotatable bonds is 7. The second-order valence-corrected chi connectivity index (χ2v) is 7.93. The fourth-order valence-electron chi connectivity index (χ4n) is 3.27. The van der Waals surface area contributed by atoms with E-state index in [0.29, 0.717) is 16.3 Å². The molecule has 0 aliphatic rings. The Morgan fingerprint density at radius 2 is 1.68 bits per heavy atom. The van der Waals surface area contributed by atoms with E-state index in [0.717, 1.165) is 21.9 Å². The highest BCUT2D eigenvalue weighted by Crippen LogP contribution is 2.20. The molecule has 4 aromatic rings. The minimum Gasteiger partial charge on any atom is -0.321 e. The van der Waals surface area contributed by atoms with E-state index in [9.17, 15) is 9.59 Å². The lowest BCUT2D eigenvalue weighted by atomic mass is 10.0. The number of carbonyl (C=O) groups is 2. The molecule has 0 aliphatic carbocycles. The minimum absolute atomic E-state index is 0.158. The van der Waals surface area contributed by atoms with Crippen molar-refractivity contribution in [3.63, 3.8) is 0 Å². The van der Waals surface area contributed by atoms with Gasteiger partial charge in [-0.05, 0) is 39.9 Å². The zero-order valence-electron chi connectivity index (χ0n) is 16.7. The summed E-state index contributed by atoms with van der Waals surface area (Å²) >= 11 is 1.38. The third-order valence-corrected chi connectivity index (χ3v) is 5.67. The molecule has 1 aromatic heterocycles. The summed E-state index contributed by atoms with van der Waals surface area (Å²) in [5, 5.41) is 6.89. The van der Waals surface area contributed by atoms with E-state index >= 15 is 0 Å². The molecule has 154 valence electrons. The number of fused-ring (bicyclic) bond motifs is 1. The van der Waals surface area contributed by atoms with Crippen LogP contribution in [-0.4, -0.2) is 11.8 Å². The van der Waals surface area contributed by atoms with Crippen LogP contribution < -0.4 is 16.2 Å². The molecule has 0 radical (unpaired) electrons. The van der Waals surface area contributed by atoms with Crippen LogP contribution in [0, 0.1) is 0 Å². The molecule has 3 aromatic carbocycles. The number of amides is 2. The quantitative estimate of drug-likeness (QED) is 0.364. The number of carbonyl (C=O) groups excluding carboxylic acids is 2. The van der Waals surface area contributed by atoms with Gasteiger partial charge in [0.1, 0.15) is 0 Å². The monoisotopic (exact) mass is 427 g/mol. The van der Waals surface area contributed by atoms with Crippen molar-refractivity contribution in [3.8, 4) is 0 Å². The van der Waals surface area contributed by atoms with Crippen LogP contribution in [0.3, 0.4) is 0 Å². The van der Waals surface area contributed by atoms with E-state index < -0.39 is 0 Å². The minimum atomic E-state index is -0.167. The maximum atomic E-state index is 12.5. The number of hydrazine groups is 1. The maximum Gasteiger partial charge on any atom is 0.265 e. The van der Waals surface area contributed by atoms with Crippen molar-refractivity contribution in [1.29, 1.82) is 0 Å². The van der Waals surface area contributed by atoms with E-state index in [1.165, 1.54) is 11.3 Å². The van der Waals surface area contributed by atoms with E-state index in [4.69, 9.17) is 0 Å². The van der Waals surface area contributed by atoms with Gasteiger partial charge < -0.3 is 5.32 Å². The van der Waals surface area contributed by atoms with Crippen molar-refractivity contribution in [1.82, 2.24) is 10.9 Å². The SMILES string of the molecule is C=C(NNC(=O)Cc1cccc2ccccc12)c1cccc(NC(=O)c2cccs2)c1. The summed E-state index contributed by atoms with van der Waals surface area (Å²) in [6.45, 7) is 3.99. The number of hydrogen-bond acceptors (Lipinski definition) is 4. The lowest BCUT2D eigenvalue weighted by molar-refractivity contribution is -0.121. The van der Waals surface area contributed by atoms with E-state index in [1.807, 2.05) is 66.0 Å². The molecule has 0 bridgehead atoms. The van der Waals surface area contributed by atoms with Crippen molar-refractivity contribution in [3.05, 3.63) is 107 Å². The molecule has 5 nitrogen and oxygen atoms in total. The van der Waals surface area contributed by atoms with Gasteiger partial charge in [0.05, 0.1) is 17.0 Å². The van der Waals surface area contributed by atoms with Gasteiger partial charge in [0.25, 0.3) is 5.91 Å². The number of hydrogen-bond donors (Lipinski definition) is 3. The van der Waals surface area contributed by atoms with Crippen LogP contribution >= 0.6 is 11.3 Å². The topological polar surface area (TPSA) is 70.2 Å². The van der Waals surface area contributed by atoms with Crippen LogP contribution in [0.25, 0.3) is 16.5 Å². The summed E-state index contributed by atoms with van der Waals surface area (Å²) in [6, 6.07) is 24.8. The average Bonchev–Trinajstić information content (AvgIpc) is 3.33. The fourth-order valence-corrected chi connectivity index (χ4v) is 3.89. The molecule has 0 saturated heterocycles. The zero-order valence-corrected chi connectivity index (χ0v) is 17.5. The Balaban J connectivity index is 1.36. The van der Waals surface area contributed by atoms with Gasteiger partial charge in [-0.1, -0.05) is 67.2 Å². The van der Waals surface area contributed by atoms with Crippen LogP contribution in [0.4, 0.5) is 5.69 Å². The lowest BCUT2D eigenvalue weighted by Crippen LogP contribution is -2.36. The van der Waals surface area contributed by atoms with Crippen molar-refractivity contribution in [2.24, 2.45) is 0 Å². The molecular formula is C25H21N3O2S. The Morgan fingerprint density at radius 3 is 2.52 bits per heavy atom. The molecule has 2 amide bonds. The molecule has 4 rings (SSSR count). The second kappa shape index (κ2) is 9.28. The molecule has 0 atom stereocenters. The summed E-state index contributed by atoms with van der Waals surface area (Å²) in [5.41, 5.74) is 8.47. The normalized spacial score (nSPS) is 10.5. The van der Waals surface area contributed by atoms with Gasteiger partial charge >= 0.3 is 0 Å². The van der Waals surface area contributed by atoms with E-state index in [-0.39, 0.29) is 18.2 Å². The molecule has 0 unspecified atom stereocenters. The van der Waals surface area contributed by atoms with Gasteiger partial charge in [-0.15, -0.1) is 11.3 Å². The largest absolute Gasteiger partial charge is 0.321 e. The Bertz CT molecular complexity index is 1240. The fraction of sp³-hybridized carbons (Fsp3) is 0.0400. The first-order chi connectivity index (χ1) is 15.1. The summed E-state index contributed by atoms with van der Waals surface area (Å²) in [6.07, 6.45) is 0.249. The molecule has 3 N–H and O–H groups in total. The van der Waals surface area contributed by atoms with E-state index in [2.05, 4.69) is 22.7 Å². The Labute approximate surface area is 184 Å². The predicted molar refractivity (Wildman–Crippen MR) is 127 cm³/mol. The van der Waals surface area contributed by atoms with Crippen molar-refractivity contribution in [2.75, 3.05) is 5.32 Å². The summed E-state index contributed by atoms with van der Waals surface area (Å²) in [5.74, 6) is -0.325. The van der Waals surface area contributed by atoms with Crippen LogP contribution in [0.5, 0.6) is 0 Å². The van der Waals surface area contributed by atoms with Gasteiger partial charge in [-0.25, -0.2) is 0 Å². The van der Waals surface area contributed by atoms with Crippen LogP contribution in [0.15, 0.2) is 90.8 Å². The molecule has 0 saturated carbocycles. The maximum absolute atomic E-state index is 12.5. The van der Waals surface area contributed by atoms with Crippen molar-refractivity contribution in [2.45, 2.75) is 6.42 Å². The van der Waals surface area contributed by atoms with Gasteiger partial charge in [-0.2, -0.15) is 0 Å². The van der Waals surface area contributed by atoms with E-state index in [1.54, 1.807) is 18.2 Å². The van der Waals surface area contributed by atoms with Gasteiger partial charge in [0, 0.05) is 11.3 Å². The smallest absolute Gasteiger partial charge is 0.265 e. The lowest BCUT2D eigenvalue weighted by Gasteiger charge is -2.13. The van der Waals surface area contributed by atoms with Crippen molar-refractivity contribution < 1.29 is 9.59 Å².